The van der Waals surface area contributed by atoms with Crippen molar-refractivity contribution in [2.45, 2.75) is 30.9 Å². The minimum absolute atomic E-state index is 0.0671. The minimum atomic E-state index is -1.51. The summed E-state index contributed by atoms with van der Waals surface area (Å²) in [5, 5.41) is 36.8. The monoisotopic (exact) mass is 481 g/mol. The Hall–Kier alpha value is -3.63. The van der Waals surface area contributed by atoms with Gasteiger partial charge in [0.2, 0.25) is 5.91 Å². The van der Waals surface area contributed by atoms with E-state index in [1.807, 2.05) is 0 Å². The molecule has 0 radical (unpaired) electrons. The molecule has 2 aromatic rings. The highest BCUT2D eigenvalue weighted by molar-refractivity contribution is 6.11. The number of hydrogen-bond donors (Lipinski definition) is 4. The number of carbonyl (C=O) groups is 2. The summed E-state index contributed by atoms with van der Waals surface area (Å²) in [6.45, 7) is 0. The quantitative estimate of drug-likeness (QED) is 0.513. The highest BCUT2D eigenvalue weighted by Crippen LogP contribution is 2.55. The van der Waals surface area contributed by atoms with E-state index in [1.54, 1.807) is 31.3 Å². The number of primary amides is 1. The number of methoxy groups -OCH3 is 1. The number of amides is 1. The molecule has 1 aromatic carbocycles. The van der Waals surface area contributed by atoms with Crippen LogP contribution in [0, 0.1) is 11.8 Å². The first-order valence-electron chi connectivity index (χ1n) is 11.3. The Morgan fingerprint density at radius 2 is 2.03 bits per heavy atom. The van der Waals surface area contributed by atoms with Gasteiger partial charge in [-0.15, -0.1) is 0 Å². The summed E-state index contributed by atoms with van der Waals surface area (Å²) < 4.78 is 10.8. The van der Waals surface area contributed by atoms with E-state index in [-0.39, 0.29) is 40.4 Å². The molecule has 1 saturated carbocycles. The first kappa shape index (κ1) is 23.1. The number of aliphatic hydroxyl groups excluding tert-OH is 2. The maximum absolute atomic E-state index is 14.1. The largest absolute Gasteiger partial charge is 0.510 e. The number of aromatic nitrogens is 1. The summed E-state index contributed by atoms with van der Waals surface area (Å²) >= 11 is 0. The second-order valence-corrected chi connectivity index (χ2v) is 9.64. The molecule has 10 nitrogen and oxygen atoms in total. The fourth-order valence-electron chi connectivity index (χ4n) is 6.24. The third-order valence-electron chi connectivity index (χ3n) is 7.78. The summed E-state index contributed by atoms with van der Waals surface area (Å²) in [6.07, 6.45) is 3.56. The van der Waals surface area contributed by atoms with Crippen LogP contribution in [0.2, 0.25) is 0 Å². The van der Waals surface area contributed by atoms with Crippen LogP contribution in [-0.4, -0.2) is 69.9 Å². The average molecular weight is 482 g/mol. The maximum atomic E-state index is 14.1. The number of benzene rings is 1. The highest BCUT2D eigenvalue weighted by atomic mass is 16.5. The molecule has 1 amide bonds. The van der Waals surface area contributed by atoms with Crippen molar-refractivity contribution in [3.8, 4) is 16.9 Å². The SMILES string of the molecule is CO[C@@]12CC(C(N)=O)=C(O)[C@@H](N(C)C)[C@@H]1C[C@@H]1Cc3c(-c4cnoc4)ccc(O)c3C(O)=C1C2=O. The first-order valence-corrected chi connectivity index (χ1v) is 11.3. The summed E-state index contributed by atoms with van der Waals surface area (Å²) in [5.41, 5.74) is 6.40. The Morgan fingerprint density at radius 3 is 2.63 bits per heavy atom. The molecule has 184 valence electrons. The van der Waals surface area contributed by atoms with E-state index in [9.17, 15) is 24.9 Å². The van der Waals surface area contributed by atoms with E-state index < -0.39 is 35.2 Å². The number of carbonyl (C=O) groups excluding carboxylic acids is 2. The fourth-order valence-corrected chi connectivity index (χ4v) is 6.24. The molecule has 10 heteroatoms. The van der Waals surface area contributed by atoms with Crippen molar-refractivity contribution < 1.29 is 34.2 Å². The molecule has 0 unspecified atom stereocenters. The highest BCUT2D eigenvalue weighted by Gasteiger charge is 2.61. The zero-order chi connectivity index (χ0) is 25.2. The molecule has 1 aromatic heterocycles. The van der Waals surface area contributed by atoms with Crippen molar-refractivity contribution in [3.05, 3.63) is 52.6 Å². The lowest BCUT2D eigenvalue weighted by Gasteiger charge is -2.53. The Bertz CT molecular complexity index is 1290. The van der Waals surface area contributed by atoms with Gasteiger partial charge in [0, 0.05) is 30.6 Å². The van der Waals surface area contributed by atoms with Crippen LogP contribution in [0.5, 0.6) is 5.75 Å². The molecule has 0 saturated heterocycles. The van der Waals surface area contributed by atoms with Crippen LogP contribution in [0.15, 0.2) is 46.0 Å². The van der Waals surface area contributed by atoms with E-state index in [0.717, 1.165) is 5.56 Å². The van der Waals surface area contributed by atoms with Gasteiger partial charge >= 0.3 is 0 Å². The standard InChI is InChI=1S/C25H27N3O7/c1-28(2)20-16-7-11-6-14-13(12-9-27-35-10-12)4-5-17(29)19(14)22(31)18(11)23(32)25(16,34-3)8-15(21(20)30)24(26)33/h4-5,9-11,16,20,29-31H,6-8H2,1-3H3,(H2,26,33)/t11-,16-,20-,25-/m0/s1. The van der Waals surface area contributed by atoms with Gasteiger partial charge in [-0.1, -0.05) is 11.2 Å². The summed E-state index contributed by atoms with van der Waals surface area (Å²) in [4.78, 5) is 28.0. The predicted molar refractivity (Wildman–Crippen MR) is 124 cm³/mol. The van der Waals surface area contributed by atoms with Gasteiger partial charge in [-0.2, -0.15) is 0 Å². The molecule has 1 heterocycles. The van der Waals surface area contributed by atoms with E-state index in [4.69, 9.17) is 15.0 Å². The number of nitrogens with two attached hydrogens (primary N) is 1. The molecule has 0 aliphatic heterocycles. The molecule has 1 fully saturated rings. The summed E-state index contributed by atoms with van der Waals surface area (Å²) in [6, 6.07) is 2.48. The lowest BCUT2D eigenvalue weighted by atomic mass is 9.57. The van der Waals surface area contributed by atoms with Crippen LogP contribution in [-0.2, 0) is 20.7 Å². The van der Waals surface area contributed by atoms with E-state index in [1.165, 1.54) is 19.4 Å². The zero-order valence-corrected chi connectivity index (χ0v) is 19.6. The molecule has 5 rings (SSSR count). The minimum Gasteiger partial charge on any atom is -0.510 e. The molecular weight excluding hydrogens is 454 g/mol. The molecule has 35 heavy (non-hydrogen) atoms. The number of nitrogens with zero attached hydrogens (tertiary/aromatic N) is 2. The van der Waals surface area contributed by atoms with Gasteiger partial charge in [-0.05, 0) is 50.0 Å². The number of ketones is 1. The van der Waals surface area contributed by atoms with Crippen LogP contribution < -0.4 is 5.73 Å². The number of aromatic hydroxyl groups is 1. The Kier molecular flexibility index (Phi) is 5.26. The molecule has 5 N–H and O–H groups in total. The van der Waals surface area contributed by atoms with Gasteiger partial charge in [0.05, 0.1) is 23.4 Å². The number of likely N-dealkylation sites (N-methyl/N-ethyl adjacent to an activating group) is 1. The molecule has 3 aliphatic carbocycles. The first-order chi connectivity index (χ1) is 16.6. The van der Waals surface area contributed by atoms with Crippen molar-refractivity contribution in [2.75, 3.05) is 21.2 Å². The topological polar surface area (TPSA) is 159 Å². The van der Waals surface area contributed by atoms with Crippen molar-refractivity contribution in [1.82, 2.24) is 10.1 Å². The number of phenols is 1. The van der Waals surface area contributed by atoms with Crippen molar-refractivity contribution in [1.29, 1.82) is 0 Å². The normalized spacial score (nSPS) is 28.1. The molecular formula is C25H27N3O7. The average Bonchev–Trinajstić information content (AvgIpc) is 3.33. The van der Waals surface area contributed by atoms with Crippen LogP contribution in [0.1, 0.15) is 24.0 Å². The van der Waals surface area contributed by atoms with Gasteiger partial charge in [0.25, 0.3) is 0 Å². The lowest BCUT2D eigenvalue weighted by Crippen LogP contribution is -2.63. The van der Waals surface area contributed by atoms with Crippen molar-refractivity contribution in [2.24, 2.45) is 17.6 Å². The number of Topliss-reactive ketones (excluding diaryl/α,β-unsaturated/α-hetero) is 1. The third kappa shape index (κ3) is 3.13. The number of phenolic OH excluding ortho intramolecular Hbond substituents is 1. The van der Waals surface area contributed by atoms with Crippen LogP contribution in [0.3, 0.4) is 0 Å². The van der Waals surface area contributed by atoms with Gasteiger partial charge in [0.1, 0.15) is 29.1 Å². The molecule has 0 spiro atoms. The number of rotatable bonds is 4. The molecule has 0 bridgehead atoms. The second-order valence-electron chi connectivity index (χ2n) is 9.64. The van der Waals surface area contributed by atoms with E-state index in [0.29, 0.717) is 24.0 Å². The summed E-state index contributed by atoms with van der Waals surface area (Å²) in [7, 11) is 4.88. The number of hydrogen-bond acceptors (Lipinski definition) is 9. The van der Waals surface area contributed by atoms with E-state index in [2.05, 4.69) is 5.16 Å². The van der Waals surface area contributed by atoms with Crippen molar-refractivity contribution >= 4 is 17.4 Å². The fraction of sp³-hybridized carbons (Fsp3) is 0.400. The number of aliphatic hydroxyl groups is 2. The Labute approximate surface area is 201 Å². The second kappa shape index (κ2) is 7.96. The Balaban J connectivity index is 1.72. The summed E-state index contributed by atoms with van der Waals surface area (Å²) in [5.74, 6) is -2.86. The number of ether oxygens (including phenoxy) is 1. The van der Waals surface area contributed by atoms with Gasteiger partial charge in [-0.25, -0.2) is 0 Å². The van der Waals surface area contributed by atoms with Crippen LogP contribution in [0.4, 0.5) is 0 Å². The lowest BCUT2D eigenvalue weighted by molar-refractivity contribution is -0.157. The predicted octanol–water partition coefficient (Wildman–Crippen LogP) is 2.09. The van der Waals surface area contributed by atoms with Crippen molar-refractivity contribution in [3.63, 3.8) is 0 Å². The third-order valence-corrected chi connectivity index (χ3v) is 7.78. The van der Waals surface area contributed by atoms with E-state index >= 15 is 0 Å². The van der Waals surface area contributed by atoms with Crippen LogP contribution >= 0.6 is 0 Å². The molecule has 4 atom stereocenters. The van der Waals surface area contributed by atoms with Gasteiger partial charge in [0.15, 0.2) is 5.78 Å². The smallest absolute Gasteiger partial charge is 0.248 e. The van der Waals surface area contributed by atoms with Gasteiger partial charge < -0.3 is 30.3 Å². The molecule has 3 aliphatic rings. The number of fused-ring (bicyclic) bond motifs is 3. The van der Waals surface area contributed by atoms with Gasteiger partial charge in [-0.3, -0.25) is 14.5 Å². The maximum Gasteiger partial charge on any atom is 0.248 e. The zero-order valence-electron chi connectivity index (χ0n) is 19.6. The van der Waals surface area contributed by atoms with Crippen LogP contribution in [0.25, 0.3) is 16.9 Å². The Morgan fingerprint density at radius 1 is 1.29 bits per heavy atom.